The van der Waals surface area contributed by atoms with Gasteiger partial charge in [0, 0.05) is 73.0 Å². The third-order valence-corrected chi connectivity index (χ3v) is 15.7. The second kappa shape index (κ2) is 13.6. The zero-order valence-corrected chi connectivity index (χ0v) is 36.6. The van der Waals surface area contributed by atoms with Crippen molar-refractivity contribution in [3.8, 4) is 39.9 Å². The normalized spacial score (nSPS) is 12.2. The van der Waals surface area contributed by atoms with E-state index in [0.29, 0.717) is 17.5 Å². The van der Waals surface area contributed by atoms with Crippen molar-refractivity contribution in [3.63, 3.8) is 0 Å². The van der Waals surface area contributed by atoms with Crippen LogP contribution in [0.4, 0.5) is 0 Å². The standard InChI is InChI=1S/C59H32N4OS2/c1-3-15-35-31-46-42(29-33(35)13-1)37-17-5-8-22-44(37)63(46)45-27-28-47-55(43-30-34-14-2-4-16-36(34)32-48(43)64-47)56(45)59-61-57(40-20-11-25-51-53(40)38-18-6-9-23-49(38)65-51)60-58(62-59)41-21-12-26-52-54(41)39-19-7-10-24-50(39)66-52/h1-32H. The van der Waals surface area contributed by atoms with Gasteiger partial charge in [0.05, 0.1) is 22.3 Å². The first-order valence-electron chi connectivity index (χ1n) is 22.1. The minimum absolute atomic E-state index is 0.575. The van der Waals surface area contributed by atoms with Gasteiger partial charge in [-0.1, -0.05) is 127 Å². The summed E-state index contributed by atoms with van der Waals surface area (Å²) < 4.78 is 14.1. The lowest BCUT2D eigenvalue weighted by atomic mass is 10.00. The van der Waals surface area contributed by atoms with Crippen molar-refractivity contribution in [2.24, 2.45) is 0 Å². The monoisotopic (exact) mass is 876 g/mol. The van der Waals surface area contributed by atoms with Crippen molar-refractivity contribution in [2.45, 2.75) is 0 Å². The molecule has 66 heavy (non-hydrogen) atoms. The highest BCUT2D eigenvalue weighted by Gasteiger charge is 2.26. The Morgan fingerprint density at radius 3 is 1.52 bits per heavy atom. The first kappa shape index (κ1) is 36.1. The second-order valence-corrected chi connectivity index (χ2v) is 19.2. The number of thiophene rings is 2. The fraction of sp³-hybridized carbons (Fsp3) is 0. The van der Waals surface area contributed by atoms with Gasteiger partial charge in [0.15, 0.2) is 17.5 Å². The molecule has 0 atom stereocenters. The summed E-state index contributed by atoms with van der Waals surface area (Å²) in [6, 6.07) is 69.6. The smallest absolute Gasteiger partial charge is 0.166 e. The zero-order valence-electron chi connectivity index (χ0n) is 35.0. The molecule has 0 aliphatic carbocycles. The molecule has 0 aliphatic heterocycles. The second-order valence-electron chi connectivity index (χ2n) is 17.1. The molecule has 5 aromatic heterocycles. The maximum Gasteiger partial charge on any atom is 0.166 e. The lowest BCUT2D eigenvalue weighted by Crippen LogP contribution is -2.04. The van der Waals surface area contributed by atoms with Crippen LogP contribution < -0.4 is 0 Å². The van der Waals surface area contributed by atoms with Gasteiger partial charge in [-0.25, -0.2) is 15.0 Å². The number of fused-ring (bicyclic) bond motifs is 14. The summed E-state index contributed by atoms with van der Waals surface area (Å²) in [5.74, 6) is 1.82. The number of nitrogens with zero attached hydrogens (tertiary/aromatic N) is 4. The van der Waals surface area contributed by atoms with Crippen LogP contribution in [-0.4, -0.2) is 19.5 Å². The van der Waals surface area contributed by atoms with Gasteiger partial charge in [-0.05, 0) is 88.3 Å². The fourth-order valence-corrected chi connectivity index (χ4v) is 12.8. The fourth-order valence-electron chi connectivity index (χ4n) is 10.5. The topological polar surface area (TPSA) is 56.7 Å². The van der Waals surface area contributed by atoms with Crippen LogP contribution in [-0.2, 0) is 0 Å². The van der Waals surface area contributed by atoms with Crippen LogP contribution in [0.5, 0.6) is 0 Å². The van der Waals surface area contributed by atoms with Crippen molar-refractivity contribution in [2.75, 3.05) is 0 Å². The van der Waals surface area contributed by atoms with E-state index in [4.69, 9.17) is 19.4 Å². The average molecular weight is 877 g/mol. The summed E-state index contributed by atoms with van der Waals surface area (Å²) in [5.41, 5.74) is 7.56. The van der Waals surface area contributed by atoms with E-state index in [1.165, 1.54) is 51.1 Å². The Kier molecular flexibility index (Phi) is 7.47. The first-order chi connectivity index (χ1) is 32.7. The van der Waals surface area contributed by atoms with Crippen molar-refractivity contribution in [1.82, 2.24) is 19.5 Å². The Morgan fingerprint density at radius 1 is 0.348 bits per heavy atom. The molecular formula is C59H32N4OS2. The summed E-state index contributed by atoms with van der Waals surface area (Å²) in [5, 5.41) is 13.6. The average Bonchev–Trinajstić information content (AvgIpc) is 4.13. The quantitative estimate of drug-likeness (QED) is 0.177. The number of aromatic nitrogens is 4. The summed E-state index contributed by atoms with van der Waals surface area (Å²) in [6.07, 6.45) is 0. The minimum atomic E-state index is 0.575. The predicted molar refractivity (Wildman–Crippen MR) is 279 cm³/mol. The number of hydrogen-bond donors (Lipinski definition) is 0. The van der Waals surface area contributed by atoms with Crippen LogP contribution in [0.3, 0.4) is 0 Å². The molecule has 0 unspecified atom stereocenters. The van der Waals surface area contributed by atoms with Gasteiger partial charge in [-0.2, -0.15) is 0 Å². The van der Waals surface area contributed by atoms with Crippen molar-refractivity contribution in [1.29, 1.82) is 0 Å². The lowest BCUT2D eigenvalue weighted by Gasteiger charge is -2.16. The molecule has 5 heterocycles. The molecule has 0 N–H and O–H groups in total. The van der Waals surface area contributed by atoms with E-state index in [0.717, 1.165) is 76.9 Å². The Morgan fingerprint density at radius 2 is 0.864 bits per heavy atom. The van der Waals surface area contributed by atoms with Gasteiger partial charge in [0.25, 0.3) is 0 Å². The summed E-state index contributed by atoms with van der Waals surface area (Å²) in [6.45, 7) is 0. The van der Waals surface area contributed by atoms with Crippen molar-refractivity contribution >= 4 is 128 Å². The number of hydrogen-bond acceptors (Lipinski definition) is 6. The van der Waals surface area contributed by atoms with Crippen LogP contribution >= 0.6 is 22.7 Å². The van der Waals surface area contributed by atoms with Crippen molar-refractivity contribution < 1.29 is 4.42 Å². The number of rotatable bonds is 4. The highest BCUT2D eigenvalue weighted by Crippen LogP contribution is 2.47. The minimum Gasteiger partial charge on any atom is -0.456 e. The van der Waals surface area contributed by atoms with E-state index < -0.39 is 0 Å². The lowest BCUT2D eigenvalue weighted by molar-refractivity contribution is 0.669. The molecule has 0 spiro atoms. The molecule has 0 bridgehead atoms. The summed E-state index contributed by atoms with van der Waals surface area (Å²) in [7, 11) is 0. The maximum absolute atomic E-state index is 6.87. The molecule has 10 aromatic carbocycles. The van der Waals surface area contributed by atoms with Gasteiger partial charge in [0.1, 0.15) is 11.2 Å². The molecule has 0 amide bonds. The Labute approximate surface area is 384 Å². The molecule has 0 saturated heterocycles. The van der Waals surface area contributed by atoms with Crippen LogP contribution in [0.15, 0.2) is 199 Å². The molecule has 15 rings (SSSR count). The summed E-state index contributed by atoms with van der Waals surface area (Å²) >= 11 is 3.60. The Balaban J connectivity index is 1.13. The molecule has 15 aromatic rings. The highest BCUT2D eigenvalue weighted by atomic mass is 32.1. The Bertz CT molecular complexity index is 4420. The predicted octanol–water partition coefficient (Wildman–Crippen LogP) is 16.9. The largest absolute Gasteiger partial charge is 0.456 e. The maximum atomic E-state index is 6.87. The van der Waals surface area contributed by atoms with Crippen LogP contribution in [0.2, 0.25) is 0 Å². The molecule has 0 saturated carbocycles. The van der Waals surface area contributed by atoms with Gasteiger partial charge >= 0.3 is 0 Å². The van der Waals surface area contributed by atoms with Crippen LogP contribution in [0.25, 0.3) is 145 Å². The van der Waals surface area contributed by atoms with E-state index in [-0.39, 0.29) is 0 Å². The van der Waals surface area contributed by atoms with E-state index in [1.54, 1.807) is 22.7 Å². The number of para-hydroxylation sites is 1. The van der Waals surface area contributed by atoms with Gasteiger partial charge in [-0.15, -0.1) is 22.7 Å². The third kappa shape index (κ3) is 5.18. The van der Waals surface area contributed by atoms with E-state index >= 15 is 0 Å². The zero-order chi connectivity index (χ0) is 43.0. The SMILES string of the molecule is c1ccc2cc3c(cc2c1)oc1ccc(-n2c4ccccc4c4cc5ccccc5cc42)c(-c2nc(-c4cccc5sc6ccccc6c45)nc(-c4cccc5sc6ccccc6c45)n2)c13. The van der Waals surface area contributed by atoms with Gasteiger partial charge in [0.2, 0.25) is 0 Å². The van der Waals surface area contributed by atoms with Gasteiger partial charge < -0.3 is 8.98 Å². The van der Waals surface area contributed by atoms with E-state index in [9.17, 15) is 0 Å². The molecule has 306 valence electrons. The molecule has 7 heteroatoms. The van der Waals surface area contributed by atoms with Crippen molar-refractivity contribution in [3.05, 3.63) is 194 Å². The van der Waals surface area contributed by atoms with Crippen LogP contribution in [0.1, 0.15) is 0 Å². The van der Waals surface area contributed by atoms with Crippen LogP contribution in [0, 0.1) is 0 Å². The molecule has 0 radical (unpaired) electrons. The van der Waals surface area contributed by atoms with E-state index in [1.807, 2.05) is 0 Å². The molecule has 0 fully saturated rings. The highest BCUT2D eigenvalue weighted by molar-refractivity contribution is 7.26. The molecular weight excluding hydrogens is 845 g/mol. The number of benzene rings is 10. The third-order valence-electron chi connectivity index (χ3n) is 13.4. The first-order valence-corrected chi connectivity index (χ1v) is 23.7. The molecule has 5 nitrogen and oxygen atoms in total. The Hall–Kier alpha value is -8.23. The summed E-state index contributed by atoms with van der Waals surface area (Å²) in [4.78, 5) is 16.9. The van der Waals surface area contributed by atoms with Gasteiger partial charge in [-0.3, -0.25) is 0 Å². The number of furan rings is 1. The molecule has 0 aliphatic rings. The van der Waals surface area contributed by atoms with E-state index in [2.05, 4.69) is 199 Å².